The van der Waals surface area contributed by atoms with E-state index >= 15 is 0 Å². The summed E-state index contributed by atoms with van der Waals surface area (Å²) in [5.41, 5.74) is 0.804. The monoisotopic (exact) mass is 220 g/mol. The number of carbonyl (C=O) groups is 1. The summed E-state index contributed by atoms with van der Waals surface area (Å²) in [6.45, 7) is 1.96. The van der Waals surface area contributed by atoms with E-state index in [1.54, 1.807) is 6.07 Å². The standard InChI is InChI=1S/C10H12N4O2/c1-2-3-8(15)4-7-5-9-12-13-10(16)14(9)6-11-7/h5-6H,2-4H2,1H3,(H,13,16). The molecule has 0 aliphatic heterocycles. The van der Waals surface area contributed by atoms with Gasteiger partial charge in [-0.15, -0.1) is 0 Å². The lowest BCUT2D eigenvalue weighted by Crippen LogP contribution is -2.11. The van der Waals surface area contributed by atoms with E-state index in [0.29, 0.717) is 24.2 Å². The van der Waals surface area contributed by atoms with Crippen molar-refractivity contribution in [2.45, 2.75) is 26.2 Å². The van der Waals surface area contributed by atoms with Gasteiger partial charge in [-0.05, 0) is 6.42 Å². The van der Waals surface area contributed by atoms with Crippen molar-refractivity contribution in [3.05, 3.63) is 28.6 Å². The van der Waals surface area contributed by atoms with Crippen LogP contribution in [-0.2, 0) is 11.2 Å². The molecule has 6 nitrogen and oxygen atoms in total. The fourth-order valence-corrected chi connectivity index (χ4v) is 1.51. The summed E-state index contributed by atoms with van der Waals surface area (Å²) >= 11 is 0. The zero-order valence-electron chi connectivity index (χ0n) is 8.93. The summed E-state index contributed by atoms with van der Waals surface area (Å²) < 4.78 is 1.30. The Bertz CT molecular complexity index is 569. The average molecular weight is 220 g/mol. The van der Waals surface area contributed by atoms with Crippen molar-refractivity contribution in [3.63, 3.8) is 0 Å². The van der Waals surface area contributed by atoms with Gasteiger partial charge < -0.3 is 0 Å². The summed E-state index contributed by atoms with van der Waals surface area (Å²) in [6.07, 6.45) is 3.07. The number of H-pyrrole nitrogens is 1. The molecule has 84 valence electrons. The van der Waals surface area contributed by atoms with Crippen LogP contribution >= 0.6 is 0 Å². The van der Waals surface area contributed by atoms with Crippen LogP contribution in [0.1, 0.15) is 25.5 Å². The third-order valence-corrected chi connectivity index (χ3v) is 2.27. The van der Waals surface area contributed by atoms with E-state index in [-0.39, 0.29) is 11.5 Å². The predicted octanol–water partition coefficient (Wildman–Crippen LogP) is 0.329. The molecule has 0 fully saturated rings. The zero-order valence-corrected chi connectivity index (χ0v) is 8.93. The van der Waals surface area contributed by atoms with E-state index in [2.05, 4.69) is 15.2 Å². The SMILES string of the molecule is CCCC(=O)Cc1cc2n[nH]c(=O)n2cn1. The first-order chi connectivity index (χ1) is 7.70. The minimum absolute atomic E-state index is 0.150. The smallest absolute Gasteiger partial charge is 0.299 e. The van der Waals surface area contributed by atoms with Crippen LogP contribution in [0, 0.1) is 0 Å². The number of fused-ring (bicyclic) bond motifs is 1. The van der Waals surface area contributed by atoms with Gasteiger partial charge in [-0.2, -0.15) is 5.10 Å². The first-order valence-electron chi connectivity index (χ1n) is 5.14. The van der Waals surface area contributed by atoms with Gasteiger partial charge in [0.15, 0.2) is 5.65 Å². The normalized spacial score (nSPS) is 10.8. The van der Waals surface area contributed by atoms with Crippen LogP contribution in [0.2, 0.25) is 0 Å². The van der Waals surface area contributed by atoms with E-state index in [4.69, 9.17) is 0 Å². The van der Waals surface area contributed by atoms with Crippen LogP contribution in [0.25, 0.3) is 5.65 Å². The maximum atomic E-state index is 11.4. The number of Topliss-reactive ketones (excluding diaryl/α,β-unsaturated/α-hetero) is 1. The number of ketones is 1. The molecule has 2 heterocycles. The molecule has 1 N–H and O–H groups in total. The maximum absolute atomic E-state index is 11.4. The Morgan fingerprint density at radius 3 is 3.12 bits per heavy atom. The molecule has 2 aromatic heterocycles. The largest absolute Gasteiger partial charge is 0.348 e. The predicted molar refractivity (Wildman–Crippen MR) is 57.2 cm³/mol. The first-order valence-corrected chi connectivity index (χ1v) is 5.14. The molecule has 2 rings (SSSR count). The fourth-order valence-electron chi connectivity index (χ4n) is 1.51. The molecular weight excluding hydrogens is 208 g/mol. The number of aromatic nitrogens is 4. The number of carbonyl (C=O) groups excluding carboxylic acids is 1. The van der Waals surface area contributed by atoms with E-state index in [9.17, 15) is 9.59 Å². The highest BCUT2D eigenvalue weighted by molar-refractivity contribution is 5.80. The quantitative estimate of drug-likeness (QED) is 0.805. The minimum atomic E-state index is -0.325. The van der Waals surface area contributed by atoms with Gasteiger partial charge in [-0.25, -0.2) is 19.3 Å². The Labute approximate surface area is 91.3 Å². The Kier molecular flexibility index (Phi) is 2.80. The molecular formula is C10H12N4O2. The lowest BCUT2D eigenvalue weighted by atomic mass is 10.1. The number of rotatable bonds is 4. The van der Waals surface area contributed by atoms with Gasteiger partial charge >= 0.3 is 5.69 Å². The Morgan fingerprint density at radius 2 is 2.38 bits per heavy atom. The van der Waals surface area contributed by atoms with Crippen molar-refractivity contribution >= 4 is 11.4 Å². The van der Waals surface area contributed by atoms with Gasteiger partial charge in [0.2, 0.25) is 0 Å². The maximum Gasteiger partial charge on any atom is 0.348 e. The van der Waals surface area contributed by atoms with Crippen LogP contribution in [0.15, 0.2) is 17.2 Å². The first kappa shape index (κ1) is 10.5. The van der Waals surface area contributed by atoms with Gasteiger partial charge in [0, 0.05) is 18.9 Å². The lowest BCUT2D eigenvalue weighted by Gasteiger charge is -1.99. The van der Waals surface area contributed by atoms with Crippen molar-refractivity contribution in [3.8, 4) is 0 Å². The van der Waals surface area contributed by atoms with Gasteiger partial charge in [0.25, 0.3) is 0 Å². The average Bonchev–Trinajstić information content (AvgIpc) is 2.60. The molecule has 16 heavy (non-hydrogen) atoms. The molecule has 0 atom stereocenters. The summed E-state index contributed by atoms with van der Waals surface area (Å²) in [4.78, 5) is 26.6. The van der Waals surface area contributed by atoms with Crippen molar-refractivity contribution in [2.24, 2.45) is 0 Å². The van der Waals surface area contributed by atoms with Crippen LogP contribution in [0.5, 0.6) is 0 Å². The van der Waals surface area contributed by atoms with E-state index in [1.165, 1.54) is 10.7 Å². The molecule has 0 saturated heterocycles. The topological polar surface area (TPSA) is 80.1 Å². The molecule has 0 radical (unpaired) electrons. The molecule has 0 bridgehead atoms. The summed E-state index contributed by atoms with van der Waals surface area (Å²) in [5.74, 6) is 0.150. The molecule has 6 heteroatoms. The number of nitrogens with zero attached hydrogens (tertiary/aromatic N) is 3. The van der Waals surface area contributed by atoms with Crippen molar-refractivity contribution < 1.29 is 4.79 Å². The van der Waals surface area contributed by atoms with Gasteiger partial charge in [0.1, 0.15) is 12.1 Å². The van der Waals surface area contributed by atoms with Crippen LogP contribution in [0.4, 0.5) is 0 Å². The molecule has 2 aromatic rings. The number of hydrogen-bond acceptors (Lipinski definition) is 4. The second-order valence-corrected chi connectivity index (χ2v) is 3.60. The highest BCUT2D eigenvalue weighted by Crippen LogP contribution is 2.02. The van der Waals surface area contributed by atoms with E-state index < -0.39 is 0 Å². The lowest BCUT2D eigenvalue weighted by molar-refractivity contribution is -0.118. The highest BCUT2D eigenvalue weighted by Gasteiger charge is 2.06. The van der Waals surface area contributed by atoms with Crippen LogP contribution in [-0.4, -0.2) is 25.4 Å². The fraction of sp³-hybridized carbons (Fsp3) is 0.400. The van der Waals surface area contributed by atoms with E-state index in [0.717, 1.165) is 6.42 Å². The minimum Gasteiger partial charge on any atom is -0.299 e. The van der Waals surface area contributed by atoms with E-state index in [1.807, 2.05) is 6.92 Å². The Morgan fingerprint density at radius 1 is 1.56 bits per heavy atom. The Balaban J connectivity index is 2.26. The van der Waals surface area contributed by atoms with Crippen molar-refractivity contribution in [2.75, 3.05) is 0 Å². The second kappa shape index (κ2) is 4.26. The van der Waals surface area contributed by atoms with Crippen molar-refractivity contribution in [1.29, 1.82) is 0 Å². The molecule has 0 aliphatic carbocycles. The number of hydrogen-bond donors (Lipinski definition) is 1. The zero-order chi connectivity index (χ0) is 11.5. The number of nitrogens with one attached hydrogen (secondary N) is 1. The number of aromatic amines is 1. The molecule has 0 aromatic carbocycles. The molecule has 0 unspecified atom stereocenters. The van der Waals surface area contributed by atoms with Crippen molar-refractivity contribution in [1.82, 2.24) is 19.6 Å². The molecule has 0 aliphatic rings. The van der Waals surface area contributed by atoms with Crippen LogP contribution in [0.3, 0.4) is 0 Å². The van der Waals surface area contributed by atoms with Gasteiger partial charge in [-0.3, -0.25) is 4.79 Å². The molecule has 0 amide bonds. The third-order valence-electron chi connectivity index (χ3n) is 2.27. The third kappa shape index (κ3) is 2.00. The summed E-state index contributed by atoms with van der Waals surface area (Å²) in [6, 6.07) is 1.64. The van der Waals surface area contributed by atoms with Gasteiger partial charge in [0.05, 0.1) is 5.69 Å². The Hall–Kier alpha value is -1.98. The van der Waals surface area contributed by atoms with Gasteiger partial charge in [-0.1, -0.05) is 6.92 Å². The second-order valence-electron chi connectivity index (χ2n) is 3.60. The molecule has 0 spiro atoms. The summed E-state index contributed by atoms with van der Waals surface area (Å²) in [7, 11) is 0. The summed E-state index contributed by atoms with van der Waals surface area (Å²) in [5, 5.41) is 6.12. The van der Waals surface area contributed by atoms with Crippen LogP contribution < -0.4 is 5.69 Å². The highest BCUT2D eigenvalue weighted by atomic mass is 16.1. The molecule has 0 saturated carbocycles.